The number of nitrogens with one attached hydrogen (secondary N) is 1. The summed E-state index contributed by atoms with van der Waals surface area (Å²) in [4.78, 5) is 27.5. The lowest BCUT2D eigenvalue weighted by Crippen LogP contribution is -2.44. The van der Waals surface area contributed by atoms with E-state index in [1.807, 2.05) is 25.3 Å². The van der Waals surface area contributed by atoms with Crippen molar-refractivity contribution in [3.63, 3.8) is 0 Å². The Morgan fingerprint density at radius 2 is 2.26 bits per heavy atom. The summed E-state index contributed by atoms with van der Waals surface area (Å²) in [7, 11) is 1.72. The predicted octanol–water partition coefficient (Wildman–Crippen LogP) is 1.01. The number of carbonyl (C=O) groups excluding carboxylic acids is 2. The van der Waals surface area contributed by atoms with Crippen molar-refractivity contribution in [1.82, 2.24) is 29.9 Å². The summed E-state index contributed by atoms with van der Waals surface area (Å²) in [6.45, 7) is 7.84. The van der Waals surface area contributed by atoms with Gasteiger partial charge in [-0.2, -0.15) is 0 Å². The molecule has 1 aromatic heterocycles. The second-order valence-electron chi connectivity index (χ2n) is 6.29. The van der Waals surface area contributed by atoms with E-state index in [0.717, 1.165) is 18.8 Å². The van der Waals surface area contributed by atoms with E-state index >= 15 is 0 Å². The molecule has 0 spiro atoms. The van der Waals surface area contributed by atoms with Crippen molar-refractivity contribution in [3.8, 4) is 0 Å². The SMILES string of the molecule is CCCN1C[C@H](NC(=O)N(C)Cc2nncn2C(C)C)CC1=O. The molecule has 0 bridgehead atoms. The van der Waals surface area contributed by atoms with Crippen LogP contribution in [-0.4, -0.2) is 62.7 Å². The Kier molecular flexibility index (Phi) is 5.57. The molecule has 3 amide bonds. The molecule has 1 aromatic rings. The maximum absolute atomic E-state index is 12.3. The second-order valence-corrected chi connectivity index (χ2v) is 6.29. The average molecular weight is 322 g/mol. The fourth-order valence-corrected chi connectivity index (χ4v) is 2.73. The average Bonchev–Trinajstić information content (AvgIpc) is 3.07. The van der Waals surface area contributed by atoms with Gasteiger partial charge in [0.2, 0.25) is 5.91 Å². The third kappa shape index (κ3) is 4.20. The number of hydrogen-bond acceptors (Lipinski definition) is 4. The van der Waals surface area contributed by atoms with Gasteiger partial charge in [-0.15, -0.1) is 10.2 Å². The Morgan fingerprint density at radius 3 is 2.91 bits per heavy atom. The summed E-state index contributed by atoms with van der Waals surface area (Å²) in [5.41, 5.74) is 0. The monoisotopic (exact) mass is 322 g/mol. The van der Waals surface area contributed by atoms with Crippen molar-refractivity contribution < 1.29 is 9.59 Å². The molecule has 1 atom stereocenters. The smallest absolute Gasteiger partial charge is 0.317 e. The van der Waals surface area contributed by atoms with Gasteiger partial charge in [0, 0.05) is 32.6 Å². The molecule has 8 nitrogen and oxygen atoms in total. The van der Waals surface area contributed by atoms with E-state index in [0.29, 0.717) is 19.5 Å². The van der Waals surface area contributed by atoms with Gasteiger partial charge in [-0.1, -0.05) is 6.92 Å². The Balaban J connectivity index is 1.88. The lowest BCUT2D eigenvalue weighted by Gasteiger charge is -2.21. The number of aromatic nitrogens is 3. The van der Waals surface area contributed by atoms with E-state index in [2.05, 4.69) is 15.5 Å². The van der Waals surface area contributed by atoms with E-state index in [9.17, 15) is 9.59 Å². The number of carbonyl (C=O) groups is 2. The fourth-order valence-electron chi connectivity index (χ4n) is 2.73. The van der Waals surface area contributed by atoms with Gasteiger partial charge in [0.25, 0.3) is 0 Å². The van der Waals surface area contributed by atoms with E-state index in [4.69, 9.17) is 0 Å². The van der Waals surface area contributed by atoms with Gasteiger partial charge < -0.3 is 19.7 Å². The van der Waals surface area contributed by atoms with Gasteiger partial charge in [-0.05, 0) is 20.3 Å². The van der Waals surface area contributed by atoms with Crippen LogP contribution in [0.15, 0.2) is 6.33 Å². The molecule has 23 heavy (non-hydrogen) atoms. The molecule has 1 aliphatic rings. The third-order valence-electron chi connectivity index (χ3n) is 3.96. The fraction of sp³-hybridized carbons (Fsp3) is 0.733. The molecular formula is C15H26N6O2. The van der Waals surface area contributed by atoms with Crippen LogP contribution in [0.2, 0.25) is 0 Å². The summed E-state index contributed by atoms with van der Waals surface area (Å²) in [5, 5.41) is 10.9. The first-order valence-electron chi connectivity index (χ1n) is 8.10. The molecule has 2 rings (SSSR count). The molecule has 0 aliphatic carbocycles. The largest absolute Gasteiger partial charge is 0.341 e. The standard InChI is InChI=1S/C15H26N6O2/c1-5-6-20-8-12(7-14(20)22)17-15(23)19(4)9-13-18-16-10-21(13)11(2)3/h10-12H,5-9H2,1-4H3,(H,17,23)/t12-/m1/s1. The molecule has 1 aliphatic heterocycles. The molecule has 0 unspecified atom stereocenters. The Labute approximate surface area is 136 Å². The number of amides is 3. The molecule has 128 valence electrons. The molecule has 1 N–H and O–H groups in total. The second kappa shape index (κ2) is 7.43. The van der Waals surface area contributed by atoms with Crippen molar-refractivity contribution in [2.75, 3.05) is 20.1 Å². The number of urea groups is 1. The number of rotatable bonds is 6. The molecule has 0 radical (unpaired) electrons. The lowest BCUT2D eigenvalue weighted by molar-refractivity contribution is -0.127. The Hall–Kier alpha value is -2.12. The van der Waals surface area contributed by atoms with E-state index in [-0.39, 0.29) is 24.0 Å². The molecule has 8 heteroatoms. The first-order valence-corrected chi connectivity index (χ1v) is 8.10. The lowest BCUT2D eigenvalue weighted by atomic mass is 10.2. The zero-order valence-electron chi connectivity index (χ0n) is 14.3. The molecule has 2 heterocycles. The minimum atomic E-state index is -0.195. The highest BCUT2D eigenvalue weighted by Crippen LogP contribution is 2.12. The minimum Gasteiger partial charge on any atom is -0.341 e. The van der Waals surface area contributed by atoms with Crippen molar-refractivity contribution in [1.29, 1.82) is 0 Å². The zero-order valence-corrected chi connectivity index (χ0v) is 14.3. The van der Waals surface area contributed by atoms with E-state index in [1.165, 1.54) is 0 Å². The number of hydrogen-bond donors (Lipinski definition) is 1. The van der Waals surface area contributed by atoms with Crippen molar-refractivity contribution in [2.24, 2.45) is 0 Å². The Morgan fingerprint density at radius 1 is 1.52 bits per heavy atom. The van der Waals surface area contributed by atoms with Crippen LogP contribution in [-0.2, 0) is 11.3 Å². The van der Waals surface area contributed by atoms with Gasteiger partial charge in [0.15, 0.2) is 5.82 Å². The van der Waals surface area contributed by atoms with Crippen LogP contribution in [0.25, 0.3) is 0 Å². The van der Waals surface area contributed by atoms with Gasteiger partial charge >= 0.3 is 6.03 Å². The first-order chi connectivity index (χ1) is 10.9. The molecule has 1 saturated heterocycles. The summed E-state index contributed by atoms with van der Waals surface area (Å²) >= 11 is 0. The minimum absolute atomic E-state index is 0.111. The van der Waals surface area contributed by atoms with Crippen LogP contribution in [0.1, 0.15) is 45.5 Å². The topological polar surface area (TPSA) is 83.4 Å². The quantitative estimate of drug-likeness (QED) is 0.847. The number of likely N-dealkylation sites (tertiary alicyclic amines) is 1. The number of nitrogens with zero attached hydrogens (tertiary/aromatic N) is 5. The maximum atomic E-state index is 12.3. The summed E-state index contributed by atoms with van der Waals surface area (Å²) in [5.74, 6) is 0.854. The van der Waals surface area contributed by atoms with Crippen molar-refractivity contribution in [2.45, 2.75) is 52.2 Å². The van der Waals surface area contributed by atoms with Crippen LogP contribution in [0, 0.1) is 0 Å². The highest BCUT2D eigenvalue weighted by Gasteiger charge is 2.30. The summed E-state index contributed by atoms with van der Waals surface area (Å²) < 4.78 is 1.94. The van der Waals surface area contributed by atoms with Crippen LogP contribution in [0.3, 0.4) is 0 Å². The molecule has 0 aromatic carbocycles. The van der Waals surface area contributed by atoms with Gasteiger partial charge in [0.1, 0.15) is 6.33 Å². The van der Waals surface area contributed by atoms with Crippen LogP contribution >= 0.6 is 0 Å². The van der Waals surface area contributed by atoms with Crippen molar-refractivity contribution >= 4 is 11.9 Å². The summed E-state index contributed by atoms with van der Waals surface area (Å²) in [6, 6.07) is -0.0714. The highest BCUT2D eigenvalue weighted by atomic mass is 16.2. The summed E-state index contributed by atoms with van der Waals surface area (Å²) in [6.07, 6.45) is 2.98. The predicted molar refractivity (Wildman–Crippen MR) is 85.7 cm³/mol. The zero-order chi connectivity index (χ0) is 17.0. The third-order valence-corrected chi connectivity index (χ3v) is 3.96. The van der Waals surface area contributed by atoms with E-state index in [1.54, 1.807) is 23.2 Å². The van der Waals surface area contributed by atoms with Crippen LogP contribution in [0.5, 0.6) is 0 Å². The molecular weight excluding hydrogens is 296 g/mol. The first kappa shape index (κ1) is 17.2. The van der Waals surface area contributed by atoms with Crippen LogP contribution in [0.4, 0.5) is 4.79 Å². The van der Waals surface area contributed by atoms with Gasteiger partial charge in [-0.25, -0.2) is 4.79 Å². The van der Waals surface area contributed by atoms with Crippen molar-refractivity contribution in [3.05, 3.63) is 12.2 Å². The van der Waals surface area contributed by atoms with Gasteiger partial charge in [0.05, 0.1) is 12.6 Å². The highest BCUT2D eigenvalue weighted by molar-refractivity contribution is 5.81. The normalized spacial score (nSPS) is 17.9. The van der Waals surface area contributed by atoms with E-state index < -0.39 is 0 Å². The Bertz CT molecular complexity index is 556. The van der Waals surface area contributed by atoms with Crippen LogP contribution < -0.4 is 5.32 Å². The molecule has 0 saturated carbocycles. The molecule has 1 fully saturated rings. The maximum Gasteiger partial charge on any atom is 0.317 e. The van der Waals surface area contributed by atoms with Gasteiger partial charge in [-0.3, -0.25) is 4.79 Å².